The van der Waals surface area contributed by atoms with E-state index in [0.717, 1.165) is 31.0 Å². The first kappa shape index (κ1) is 25.8. The smallest absolute Gasteiger partial charge is 0.424 e. The Balaban J connectivity index is 1.51. The molecule has 1 aliphatic carbocycles. The van der Waals surface area contributed by atoms with E-state index in [1.165, 1.54) is 6.07 Å². The zero-order valence-corrected chi connectivity index (χ0v) is 18.4. The number of alkyl halides is 7. The van der Waals surface area contributed by atoms with Crippen molar-refractivity contribution in [3.8, 4) is 5.88 Å². The lowest BCUT2D eigenvalue weighted by molar-refractivity contribution is -0.250. The molecular weight excluding hydrogens is 504 g/mol. The van der Waals surface area contributed by atoms with Crippen molar-refractivity contribution < 1.29 is 44.6 Å². The molecule has 14 heteroatoms. The molecule has 194 valence electrons. The fourth-order valence-corrected chi connectivity index (χ4v) is 3.71. The number of halogens is 8. The van der Waals surface area contributed by atoms with E-state index < -0.39 is 53.8 Å². The molecule has 1 aliphatic heterocycles. The lowest BCUT2D eigenvalue weighted by atomic mass is 9.70. The Labute approximate surface area is 198 Å². The number of nitrogens with zero attached hydrogens (tertiary/aromatic N) is 3. The highest BCUT2D eigenvalue weighted by molar-refractivity contribution is 5.91. The van der Waals surface area contributed by atoms with Gasteiger partial charge in [-0.2, -0.15) is 22.0 Å². The van der Waals surface area contributed by atoms with Crippen LogP contribution in [-0.4, -0.2) is 53.1 Å². The van der Waals surface area contributed by atoms with Crippen LogP contribution in [0.1, 0.15) is 29.3 Å². The van der Waals surface area contributed by atoms with Gasteiger partial charge in [0.25, 0.3) is 0 Å². The summed E-state index contributed by atoms with van der Waals surface area (Å²) in [7, 11) is 0. The Bertz CT molecular complexity index is 1220. The zero-order chi connectivity index (χ0) is 26.5. The average Bonchev–Trinajstić information content (AvgIpc) is 2.80. The van der Waals surface area contributed by atoms with Gasteiger partial charge in [0.2, 0.25) is 11.5 Å². The number of ether oxygens (including phenoxy) is 2. The number of fused-ring (bicyclic) bond motifs is 2. The number of aliphatic imine (C=N–C) groups is 1. The maximum atomic E-state index is 14.7. The molecule has 0 saturated heterocycles. The van der Waals surface area contributed by atoms with Crippen molar-refractivity contribution in [2.75, 3.05) is 13.2 Å². The van der Waals surface area contributed by atoms with E-state index in [0.29, 0.717) is 17.5 Å². The highest BCUT2D eigenvalue weighted by Crippen LogP contribution is 2.48. The van der Waals surface area contributed by atoms with Crippen LogP contribution in [0.25, 0.3) is 11.9 Å². The summed E-state index contributed by atoms with van der Waals surface area (Å²) in [6, 6.07) is 4.76. The van der Waals surface area contributed by atoms with E-state index in [2.05, 4.69) is 19.7 Å². The van der Waals surface area contributed by atoms with Crippen LogP contribution in [0.3, 0.4) is 0 Å². The zero-order valence-electron chi connectivity index (χ0n) is 18.4. The second-order valence-electron chi connectivity index (χ2n) is 8.52. The minimum atomic E-state index is -4.76. The van der Waals surface area contributed by atoms with Crippen LogP contribution >= 0.6 is 0 Å². The topological polar surface area (TPSA) is 82.6 Å². The van der Waals surface area contributed by atoms with Gasteiger partial charge in [0.1, 0.15) is 17.1 Å². The van der Waals surface area contributed by atoms with Crippen molar-refractivity contribution in [1.29, 1.82) is 0 Å². The number of aromatic nitrogens is 2. The summed E-state index contributed by atoms with van der Waals surface area (Å²) < 4.78 is 115. The standard InChI is InChI=1S/C22H18F8N4O2/c1-19(22(28,29)30)18(31)34-20(9-36-19)6-12-3-2-11(4-13(12)20)5-14(23)15-7-33-16(8-32-15)35-10-21(26,27)17(24)25/h2-5,7-8,17H,6,9-10H2,1H3,(H2,31,34)/b14-5-/t19-,20+/m1/s1. The van der Waals surface area contributed by atoms with Crippen molar-refractivity contribution in [2.45, 2.75) is 43.0 Å². The molecule has 0 radical (unpaired) electrons. The summed E-state index contributed by atoms with van der Waals surface area (Å²) in [6.07, 6.45) is -5.66. The number of amidine groups is 1. The van der Waals surface area contributed by atoms with Crippen molar-refractivity contribution in [1.82, 2.24) is 9.97 Å². The van der Waals surface area contributed by atoms with Crippen molar-refractivity contribution >= 4 is 17.7 Å². The average molecular weight is 522 g/mol. The first-order valence-corrected chi connectivity index (χ1v) is 10.4. The Morgan fingerprint density at radius 1 is 1.19 bits per heavy atom. The largest absolute Gasteiger partial charge is 0.470 e. The van der Waals surface area contributed by atoms with Crippen LogP contribution in [0.2, 0.25) is 0 Å². The maximum Gasteiger partial charge on any atom is 0.424 e. The molecule has 0 unspecified atom stereocenters. The Hall–Kier alpha value is -3.29. The number of hydrogen-bond donors (Lipinski definition) is 1. The lowest BCUT2D eigenvalue weighted by Crippen LogP contribution is -2.62. The molecule has 2 aliphatic rings. The Morgan fingerprint density at radius 2 is 1.92 bits per heavy atom. The van der Waals surface area contributed by atoms with Crippen molar-refractivity contribution in [3.63, 3.8) is 0 Å². The van der Waals surface area contributed by atoms with Gasteiger partial charge in [-0.15, -0.1) is 0 Å². The van der Waals surface area contributed by atoms with Gasteiger partial charge in [0.15, 0.2) is 12.4 Å². The second-order valence-corrected chi connectivity index (χ2v) is 8.52. The number of nitrogens with two attached hydrogens (primary N) is 1. The lowest BCUT2D eigenvalue weighted by Gasteiger charge is -2.47. The van der Waals surface area contributed by atoms with Gasteiger partial charge in [0, 0.05) is 6.42 Å². The van der Waals surface area contributed by atoms with Crippen molar-refractivity contribution in [3.05, 3.63) is 53.0 Å². The highest BCUT2D eigenvalue weighted by Gasteiger charge is 2.60. The summed E-state index contributed by atoms with van der Waals surface area (Å²) in [5, 5.41) is 0. The van der Waals surface area contributed by atoms with E-state index in [1.54, 1.807) is 12.1 Å². The number of rotatable bonds is 6. The minimum Gasteiger partial charge on any atom is -0.470 e. The molecule has 2 heterocycles. The third-order valence-corrected chi connectivity index (χ3v) is 5.98. The van der Waals surface area contributed by atoms with E-state index in [9.17, 15) is 35.1 Å². The third-order valence-electron chi connectivity index (χ3n) is 5.98. The Morgan fingerprint density at radius 3 is 2.50 bits per heavy atom. The molecule has 0 amide bonds. The van der Waals surface area contributed by atoms with E-state index >= 15 is 0 Å². The summed E-state index contributed by atoms with van der Waals surface area (Å²) in [4.78, 5) is 11.4. The van der Waals surface area contributed by atoms with Crippen molar-refractivity contribution in [2.24, 2.45) is 10.7 Å². The highest BCUT2D eigenvalue weighted by atomic mass is 19.4. The molecule has 1 aromatic heterocycles. The fraction of sp³-hybridized carbons (Fsp3) is 0.409. The normalized spacial score (nSPS) is 24.4. The molecule has 0 fully saturated rings. The van der Waals surface area contributed by atoms with Crippen LogP contribution in [0.4, 0.5) is 35.1 Å². The molecule has 36 heavy (non-hydrogen) atoms. The van der Waals surface area contributed by atoms with E-state index in [1.807, 2.05) is 0 Å². The van der Waals surface area contributed by atoms with Gasteiger partial charge in [-0.25, -0.2) is 23.1 Å². The minimum absolute atomic E-state index is 0.293. The molecule has 4 rings (SSSR count). The van der Waals surface area contributed by atoms with E-state index in [4.69, 9.17) is 10.5 Å². The fourth-order valence-electron chi connectivity index (χ4n) is 3.71. The van der Waals surface area contributed by atoms with E-state index in [-0.39, 0.29) is 12.3 Å². The van der Waals surface area contributed by atoms with Gasteiger partial charge in [0.05, 0.1) is 19.0 Å². The summed E-state index contributed by atoms with van der Waals surface area (Å²) in [6.45, 7) is -1.20. The quantitative estimate of drug-likeness (QED) is 0.558. The number of benzene rings is 1. The Kier molecular flexibility index (Phi) is 6.22. The van der Waals surface area contributed by atoms with Gasteiger partial charge in [-0.05, 0) is 35.8 Å². The predicted octanol–water partition coefficient (Wildman–Crippen LogP) is 4.68. The second kappa shape index (κ2) is 8.68. The summed E-state index contributed by atoms with van der Waals surface area (Å²) in [5.41, 5.74) is 3.15. The maximum absolute atomic E-state index is 14.7. The monoisotopic (exact) mass is 522 g/mol. The van der Waals surface area contributed by atoms with Crippen LogP contribution < -0.4 is 10.5 Å². The molecular formula is C22H18F8N4O2. The van der Waals surface area contributed by atoms with Crippen LogP contribution in [0.5, 0.6) is 5.88 Å². The molecule has 1 spiro atoms. The van der Waals surface area contributed by atoms with Gasteiger partial charge >= 0.3 is 18.5 Å². The molecule has 0 saturated carbocycles. The number of hydrogen-bond acceptors (Lipinski definition) is 6. The van der Waals surface area contributed by atoms with Crippen LogP contribution in [0.15, 0.2) is 35.6 Å². The summed E-state index contributed by atoms with van der Waals surface area (Å²) in [5.74, 6) is -6.48. The molecule has 2 atom stereocenters. The molecule has 1 aromatic carbocycles. The predicted molar refractivity (Wildman–Crippen MR) is 111 cm³/mol. The van der Waals surface area contributed by atoms with Gasteiger partial charge in [-0.3, -0.25) is 4.99 Å². The SMILES string of the molecule is C[C@@]1(C(F)(F)F)OC[C@]2(Cc3ccc(/C=C(\F)c4cnc(OCC(F)(F)C(F)F)cn4)cc32)N=C1N. The molecule has 2 N–H and O–H groups in total. The van der Waals surface area contributed by atoms with Gasteiger partial charge < -0.3 is 15.2 Å². The third kappa shape index (κ3) is 4.49. The van der Waals surface area contributed by atoms with Crippen LogP contribution in [0, 0.1) is 0 Å². The molecule has 0 bridgehead atoms. The first-order chi connectivity index (χ1) is 16.7. The first-order valence-electron chi connectivity index (χ1n) is 10.4. The summed E-state index contributed by atoms with van der Waals surface area (Å²) >= 11 is 0. The van der Waals surface area contributed by atoms with Gasteiger partial charge in [-0.1, -0.05) is 12.1 Å². The molecule has 6 nitrogen and oxygen atoms in total. The molecule has 2 aromatic rings. The van der Waals surface area contributed by atoms with Crippen LogP contribution in [-0.2, 0) is 16.7 Å².